The second kappa shape index (κ2) is 5.22. The summed E-state index contributed by atoms with van der Waals surface area (Å²) in [5.74, 6) is -2.39. The molecule has 96 valence electrons. The van der Waals surface area contributed by atoms with Crippen molar-refractivity contribution >= 4 is 0 Å². The summed E-state index contributed by atoms with van der Waals surface area (Å²) in [6, 6.07) is 7.75. The molecule has 0 aliphatic rings. The molecular formula is C12H14F2N4. The average Bonchev–Trinajstić information content (AvgIpc) is 2.76. The van der Waals surface area contributed by atoms with E-state index < -0.39 is 12.5 Å². The normalized spacial score (nSPS) is 11.7. The molecule has 4 nitrogen and oxygen atoms in total. The van der Waals surface area contributed by atoms with Crippen LogP contribution in [0, 0.1) is 0 Å². The van der Waals surface area contributed by atoms with Crippen LogP contribution in [0.4, 0.5) is 8.78 Å². The Labute approximate surface area is 104 Å². The van der Waals surface area contributed by atoms with E-state index in [1.54, 1.807) is 25.2 Å². The maximum atomic E-state index is 13.8. The number of nitrogens with one attached hydrogen (secondary N) is 1. The Balaban J connectivity index is 1.89. The Morgan fingerprint density at radius 1 is 1.28 bits per heavy atom. The third-order valence-corrected chi connectivity index (χ3v) is 2.47. The highest BCUT2D eigenvalue weighted by Gasteiger charge is 2.30. The number of aromatic nitrogens is 3. The lowest BCUT2D eigenvalue weighted by atomic mass is 10.1. The van der Waals surface area contributed by atoms with Gasteiger partial charge in [-0.25, -0.2) is 4.98 Å². The van der Waals surface area contributed by atoms with Crippen LogP contribution in [0.15, 0.2) is 36.7 Å². The van der Waals surface area contributed by atoms with Gasteiger partial charge in [-0.1, -0.05) is 30.3 Å². The van der Waals surface area contributed by atoms with Gasteiger partial charge in [-0.2, -0.15) is 13.9 Å². The minimum atomic E-state index is -2.89. The van der Waals surface area contributed by atoms with E-state index >= 15 is 0 Å². The Hall–Kier alpha value is -1.82. The van der Waals surface area contributed by atoms with Crippen LogP contribution in [0.5, 0.6) is 0 Å². The van der Waals surface area contributed by atoms with Crippen molar-refractivity contribution in [1.29, 1.82) is 0 Å². The van der Waals surface area contributed by atoms with Crippen molar-refractivity contribution in [2.24, 2.45) is 7.05 Å². The molecule has 1 heterocycles. The number of hydrogen-bond donors (Lipinski definition) is 1. The predicted octanol–water partition coefficient (Wildman–Crippen LogP) is 1.70. The lowest BCUT2D eigenvalue weighted by Gasteiger charge is -2.16. The number of rotatable bonds is 5. The molecular weight excluding hydrogens is 238 g/mol. The molecule has 0 atom stereocenters. The van der Waals surface area contributed by atoms with Gasteiger partial charge in [0.2, 0.25) is 0 Å². The maximum absolute atomic E-state index is 13.8. The molecule has 6 heteroatoms. The third kappa shape index (κ3) is 3.10. The zero-order valence-corrected chi connectivity index (χ0v) is 9.98. The smallest absolute Gasteiger partial charge is 0.285 e. The Morgan fingerprint density at radius 2 is 2.00 bits per heavy atom. The Kier molecular flexibility index (Phi) is 3.66. The highest BCUT2D eigenvalue weighted by atomic mass is 19.3. The van der Waals surface area contributed by atoms with E-state index in [4.69, 9.17) is 0 Å². The van der Waals surface area contributed by atoms with Crippen LogP contribution in [0.3, 0.4) is 0 Å². The summed E-state index contributed by atoms with van der Waals surface area (Å²) < 4.78 is 29.0. The molecule has 1 aromatic carbocycles. The van der Waals surface area contributed by atoms with Gasteiger partial charge in [-0.05, 0) is 0 Å². The van der Waals surface area contributed by atoms with Crippen LogP contribution < -0.4 is 5.32 Å². The van der Waals surface area contributed by atoms with Crippen LogP contribution >= 0.6 is 0 Å². The minimum Gasteiger partial charge on any atom is -0.304 e. The van der Waals surface area contributed by atoms with E-state index in [-0.39, 0.29) is 12.1 Å². The minimum absolute atomic E-state index is 0.00600. The van der Waals surface area contributed by atoms with Crippen LogP contribution in [0.2, 0.25) is 0 Å². The first-order valence-electron chi connectivity index (χ1n) is 5.56. The fraction of sp³-hybridized carbons (Fsp3) is 0.333. The van der Waals surface area contributed by atoms with Crippen molar-refractivity contribution in [3.8, 4) is 0 Å². The number of aryl methyl sites for hydroxylation is 1. The molecule has 0 fully saturated rings. The monoisotopic (exact) mass is 252 g/mol. The van der Waals surface area contributed by atoms with Gasteiger partial charge >= 0.3 is 0 Å². The third-order valence-electron chi connectivity index (χ3n) is 2.47. The molecule has 2 rings (SSSR count). The van der Waals surface area contributed by atoms with Crippen LogP contribution in [0.25, 0.3) is 0 Å². The molecule has 0 radical (unpaired) electrons. The van der Waals surface area contributed by atoms with Gasteiger partial charge in [-0.3, -0.25) is 4.68 Å². The quantitative estimate of drug-likeness (QED) is 0.880. The molecule has 0 amide bonds. The summed E-state index contributed by atoms with van der Waals surface area (Å²) in [4.78, 5) is 3.95. The molecule has 0 saturated carbocycles. The summed E-state index contributed by atoms with van der Waals surface area (Å²) in [5, 5.41) is 6.67. The summed E-state index contributed by atoms with van der Waals surface area (Å²) in [6.07, 6.45) is 1.53. The molecule has 0 aliphatic heterocycles. The van der Waals surface area contributed by atoms with Gasteiger partial charge in [0.1, 0.15) is 6.33 Å². The number of alkyl halides is 2. The highest BCUT2D eigenvalue weighted by molar-refractivity contribution is 5.20. The summed E-state index contributed by atoms with van der Waals surface area (Å²) in [6.45, 7) is -0.210. The van der Waals surface area contributed by atoms with E-state index in [0.29, 0.717) is 5.82 Å². The van der Waals surface area contributed by atoms with Crippen LogP contribution in [-0.4, -0.2) is 21.3 Å². The Bertz CT molecular complexity index is 496. The van der Waals surface area contributed by atoms with Gasteiger partial charge in [0.05, 0.1) is 13.1 Å². The van der Waals surface area contributed by atoms with Crippen LogP contribution in [0.1, 0.15) is 11.4 Å². The van der Waals surface area contributed by atoms with Gasteiger partial charge in [0.15, 0.2) is 5.82 Å². The van der Waals surface area contributed by atoms with Crippen molar-refractivity contribution in [2.45, 2.75) is 12.5 Å². The fourth-order valence-electron chi connectivity index (χ4n) is 1.58. The zero-order valence-electron chi connectivity index (χ0n) is 9.98. The van der Waals surface area contributed by atoms with E-state index in [1.165, 1.54) is 23.1 Å². The SMILES string of the molecule is Cn1cnc(CNCC(F)(F)c2ccccc2)n1. The maximum Gasteiger partial charge on any atom is 0.285 e. The molecule has 0 bridgehead atoms. The lowest BCUT2D eigenvalue weighted by Crippen LogP contribution is -2.30. The molecule has 0 aliphatic carbocycles. The topological polar surface area (TPSA) is 42.7 Å². The van der Waals surface area contributed by atoms with Crippen molar-refractivity contribution in [3.63, 3.8) is 0 Å². The summed E-state index contributed by atoms with van der Waals surface area (Å²) in [5.41, 5.74) is 0.00600. The van der Waals surface area contributed by atoms with Gasteiger partial charge < -0.3 is 5.32 Å². The molecule has 0 unspecified atom stereocenters. The summed E-state index contributed by atoms with van der Waals surface area (Å²) in [7, 11) is 1.73. The van der Waals surface area contributed by atoms with E-state index in [9.17, 15) is 8.78 Å². The Morgan fingerprint density at radius 3 is 2.61 bits per heavy atom. The van der Waals surface area contributed by atoms with Gasteiger partial charge in [0.25, 0.3) is 5.92 Å². The molecule has 18 heavy (non-hydrogen) atoms. The van der Waals surface area contributed by atoms with Crippen LogP contribution in [-0.2, 0) is 19.5 Å². The number of nitrogens with zero attached hydrogens (tertiary/aromatic N) is 3. The molecule has 1 aromatic heterocycles. The van der Waals surface area contributed by atoms with E-state index in [0.717, 1.165) is 0 Å². The lowest BCUT2D eigenvalue weighted by molar-refractivity contribution is -0.00356. The highest BCUT2D eigenvalue weighted by Crippen LogP contribution is 2.26. The second-order valence-electron chi connectivity index (χ2n) is 4.01. The fourth-order valence-corrected chi connectivity index (χ4v) is 1.58. The van der Waals surface area contributed by atoms with E-state index in [2.05, 4.69) is 15.4 Å². The second-order valence-corrected chi connectivity index (χ2v) is 4.01. The predicted molar refractivity (Wildman–Crippen MR) is 63.0 cm³/mol. The number of hydrogen-bond acceptors (Lipinski definition) is 3. The zero-order chi connectivity index (χ0) is 13.0. The van der Waals surface area contributed by atoms with Crippen molar-refractivity contribution in [2.75, 3.05) is 6.54 Å². The van der Waals surface area contributed by atoms with E-state index in [1.807, 2.05) is 0 Å². The standard InChI is InChI=1S/C12H14F2N4/c1-18-9-16-11(17-18)7-15-8-12(13,14)10-5-3-2-4-6-10/h2-6,9,15H,7-8H2,1H3. The molecule has 0 saturated heterocycles. The van der Waals surface area contributed by atoms with Gasteiger partial charge in [-0.15, -0.1) is 0 Å². The first-order chi connectivity index (χ1) is 8.58. The van der Waals surface area contributed by atoms with Gasteiger partial charge in [0, 0.05) is 12.6 Å². The van der Waals surface area contributed by atoms with Crippen molar-refractivity contribution < 1.29 is 8.78 Å². The first kappa shape index (κ1) is 12.6. The first-order valence-corrected chi connectivity index (χ1v) is 5.56. The largest absolute Gasteiger partial charge is 0.304 e. The summed E-state index contributed by atoms with van der Waals surface area (Å²) >= 11 is 0. The molecule has 1 N–H and O–H groups in total. The van der Waals surface area contributed by atoms with Crippen molar-refractivity contribution in [3.05, 3.63) is 48.0 Å². The number of benzene rings is 1. The number of halogens is 2. The average molecular weight is 252 g/mol. The molecule has 2 aromatic rings. The molecule has 0 spiro atoms. The van der Waals surface area contributed by atoms with Crippen molar-refractivity contribution in [1.82, 2.24) is 20.1 Å².